The van der Waals surface area contributed by atoms with Crippen molar-refractivity contribution in [2.75, 3.05) is 0 Å². The molecule has 0 aliphatic carbocycles. The van der Waals surface area contributed by atoms with Crippen LogP contribution in [0.1, 0.15) is 11.6 Å². The molecular formula is C27H19N7. The average molecular weight is 441 g/mol. The highest BCUT2D eigenvalue weighted by atomic mass is 15.1. The third-order valence-electron chi connectivity index (χ3n) is 6.39. The summed E-state index contributed by atoms with van der Waals surface area (Å²) >= 11 is 0. The summed E-state index contributed by atoms with van der Waals surface area (Å²) in [6.07, 6.45) is 5.47. The smallest absolute Gasteiger partial charge is 0.104 e. The summed E-state index contributed by atoms with van der Waals surface area (Å²) in [6.45, 7) is 3.93. The highest BCUT2D eigenvalue weighted by Crippen LogP contribution is 2.35. The molecular weight excluding hydrogens is 422 g/mol. The fourth-order valence-electron chi connectivity index (χ4n) is 4.77. The van der Waals surface area contributed by atoms with Gasteiger partial charge in [0, 0.05) is 32.7 Å². The number of hydrogen-bond acceptors (Lipinski definition) is 5. The molecule has 7 rings (SSSR count). The van der Waals surface area contributed by atoms with Gasteiger partial charge in [-0.3, -0.25) is 0 Å². The maximum atomic E-state index is 4.96. The normalized spacial score (nSPS) is 11.8. The van der Waals surface area contributed by atoms with Gasteiger partial charge in [-0.1, -0.05) is 24.3 Å². The van der Waals surface area contributed by atoms with E-state index in [2.05, 4.69) is 73.7 Å². The number of imidazole rings is 2. The van der Waals surface area contributed by atoms with Gasteiger partial charge in [0.2, 0.25) is 0 Å². The second-order valence-corrected chi connectivity index (χ2v) is 8.61. The van der Waals surface area contributed by atoms with E-state index in [9.17, 15) is 0 Å². The Balaban J connectivity index is 1.40. The minimum atomic E-state index is 0.880. The van der Waals surface area contributed by atoms with Crippen molar-refractivity contribution in [2.45, 2.75) is 13.8 Å². The van der Waals surface area contributed by atoms with Crippen LogP contribution in [0.4, 0.5) is 0 Å². The minimum absolute atomic E-state index is 0.880. The molecule has 2 N–H and O–H groups in total. The Morgan fingerprint density at radius 1 is 0.647 bits per heavy atom. The van der Waals surface area contributed by atoms with Gasteiger partial charge in [-0.2, -0.15) is 10.2 Å². The molecule has 4 heterocycles. The molecule has 7 heteroatoms. The van der Waals surface area contributed by atoms with Crippen LogP contribution in [0.5, 0.6) is 0 Å². The molecule has 0 saturated carbocycles. The SMILES string of the molecule is Cc1ncc(-c2ccc3nc(-c4ccc5c(c4)c4cnncc4c4nc(C)[nH]c54)ccc3c2)[nH]1. The monoisotopic (exact) mass is 441 g/mol. The van der Waals surface area contributed by atoms with Crippen molar-refractivity contribution in [1.82, 2.24) is 35.1 Å². The molecule has 0 radical (unpaired) electrons. The zero-order valence-electron chi connectivity index (χ0n) is 18.6. The summed E-state index contributed by atoms with van der Waals surface area (Å²) in [6, 6.07) is 16.9. The molecule has 0 fully saturated rings. The molecule has 3 aromatic carbocycles. The number of hydrogen-bond donors (Lipinski definition) is 2. The number of aromatic amines is 2. The van der Waals surface area contributed by atoms with Crippen LogP contribution in [-0.4, -0.2) is 35.1 Å². The highest BCUT2D eigenvalue weighted by molar-refractivity contribution is 6.23. The maximum Gasteiger partial charge on any atom is 0.104 e. The van der Waals surface area contributed by atoms with Crippen molar-refractivity contribution >= 4 is 43.5 Å². The lowest BCUT2D eigenvalue weighted by atomic mass is 9.98. The van der Waals surface area contributed by atoms with E-state index < -0.39 is 0 Å². The number of aryl methyl sites for hydroxylation is 2. The van der Waals surface area contributed by atoms with Gasteiger partial charge in [-0.15, -0.1) is 0 Å². The van der Waals surface area contributed by atoms with Crippen molar-refractivity contribution in [3.63, 3.8) is 0 Å². The van der Waals surface area contributed by atoms with E-state index in [1.54, 1.807) is 6.20 Å². The molecule has 0 saturated heterocycles. The predicted molar refractivity (Wildman–Crippen MR) is 134 cm³/mol. The number of rotatable bonds is 2. The van der Waals surface area contributed by atoms with Crippen molar-refractivity contribution in [3.8, 4) is 22.5 Å². The molecule has 7 aromatic rings. The van der Waals surface area contributed by atoms with Crippen LogP contribution in [0.25, 0.3) is 66.0 Å². The van der Waals surface area contributed by atoms with E-state index in [-0.39, 0.29) is 0 Å². The fourth-order valence-corrected chi connectivity index (χ4v) is 4.77. The van der Waals surface area contributed by atoms with Gasteiger partial charge in [-0.25, -0.2) is 15.0 Å². The van der Waals surface area contributed by atoms with E-state index >= 15 is 0 Å². The van der Waals surface area contributed by atoms with Crippen LogP contribution >= 0.6 is 0 Å². The largest absolute Gasteiger partial charge is 0.342 e. The van der Waals surface area contributed by atoms with Crippen LogP contribution in [0.2, 0.25) is 0 Å². The summed E-state index contributed by atoms with van der Waals surface area (Å²) in [4.78, 5) is 20.7. The van der Waals surface area contributed by atoms with Crippen molar-refractivity contribution < 1.29 is 0 Å². The Morgan fingerprint density at radius 2 is 1.50 bits per heavy atom. The number of aromatic nitrogens is 7. The molecule has 4 aromatic heterocycles. The quantitative estimate of drug-likeness (QED) is 0.327. The molecule has 0 amide bonds. The first-order valence-corrected chi connectivity index (χ1v) is 11.1. The Kier molecular flexibility index (Phi) is 3.84. The van der Waals surface area contributed by atoms with Gasteiger partial charge in [0.1, 0.15) is 11.6 Å². The molecule has 0 atom stereocenters. The second-order valence-electron chi connectivity index (χ2n) is 8.61. The summed E-state index contributed by atoms with van der Waals surface area (Å²) in [5, 5.41) is 13.6. The average Bonchev–Trinajstić information content (AvgIpc) is 3.49. The van der Waals surface area contributed by atoms with Gasteiger partial charge in [0.15, 0.2) is 0 Å². The zero-order valence-corrected chi connectivity index (χ0v) is 18.6. The van der Waals surface area contributed by atoms with Crippen LogP contribution in [0, 0.1) is 13.8 Å². The van der Waals surface area contributed by atoms with Crippen LogP contribution < -0.4 is 0 Å². The first kappa shape index (κ1) is 18.9. The van der Waals surface area contributed by atoms with Crippen molar-refractivity contribution in [1.29, 1.82) is 0 Å². The molecule has 0 aliphatic heterocycles. The molecule has 0 spiro atoms. The van der Waals surface area contributed by atoms with Gasteiger partial charge >= 0.3 is 0 Å². The molecule has 0 aliphatic rings. The van der Waals surface area contributed by atoms with Crippen LogP contribution in [0.3, 0.4) is 0 Å². The van der Waals surface area contributed by atoms with E-state index in [0.29, 0.717) is 0 Å². The number of nitrogens with one attached hydrogen (secondary N) is 2. The fraction of sp³-hybridized carbons (Fsp3) is 0.0741. The Morgan fingerprint density at radius 3 is 2.35 bits per heavy atom. The maximum absolute atomic E-state index is 4.96. The molecule has 0 unspecified atom stereocenters. The summed E-state index contributed by atoms with van der Waals surface area (Å²) in [5.41, 5.74) is 6.98. The minimum Gasteiger partial charge on any atom is -0.342 e. The number of fused-ring (bicyclic) bond motifs is 7. The van der Waals surface area contributed by atoms with Crippen LogP contribution in [-0.2, 0) is 0 Å². The lowest BCUT2D eigenvalue weighted by Crippen LogP contribution is -1.89. The topological polar surface area (TPSA) is 96.0 Å². The Bertz CT molecular complexity index is 1890. The van der Waals surface area contributed by atoms with Gasteiger partial charge in [-0.05, 0) is 43.5 Å². The van der Waals surface area contributed by atoms with Gasteiger partial charge in [0.25, 0.3) is 0 Å². The lowest BCUT2D eigenvalue weighted by Gasteiger charge is -2.09. The third kappa shape index (κ3) is 2.80. The lowest BCUT2D eigenvalue weighted by molar-refractivity contribution is 1.05. The van der Waals surface area contributed by atoms with Gasteiger partial charge in [0.05, 0.1) is 46.5 Å². The summed E-state index contributed by atoms with van der Waals surface area (Å²) in [5.74, 6) is 1.78. The molecule has 0 bridgehead atoms. The Labute approximate surface area is 193 Å². The van der Waals surface area contributed by atoms with E-state index in [0.717, 1.165) is 77.6 Å². The van der Waals surface area contributed by atoms with Crippen LogP contribution in [0.15, 0.2) is 67.1 Å². The highest BCUT2D eigenvalue weighted by Gasteiger charge is 2.14. The number of pyridine rings is 1. The second kappa shape index (κ2) is 6.92. The van der Waals surface area contributed by atoms with Crippen molar-refractivity contribution in [3.05, 3.63) is 78.8 Å². The molecule has 34 heavy (non-hydrogen) atoms. The first-order chi connectivity index (χ1) is 16.6. The number of benzene rings is 3. The van der Waals surface area contributed by atoms with E-state index in [4.69, 9.17) is 9.97 Å². The van der Waals surface area contributed by atoms with E-state index in [1.165, 1.54) is 0 Å². The van der Waals surface area contributed by atoms with Crippen molar-refractivity contribution in [2.24, 2.45) is 0 Å². The zero-order chi connectivity index (χ0) is 22.8. The molecule has 7 nitrogen and oxygen atoms in total. The standard InChI is InChI=1S/C27H19N7/c1-14-28-13-25(31-14)17-5-8-23-16(9-17)4-7-24(34-23)18-3-6-19-20(10-18)21-11-29-30-12-22(21)27-26(19)32-15(2)33-27/h3-13H,1-2H3,(H,28,31)(H,32,33). The van der Waals surface area contributed by atoms with E-state index in [1.807, 2.05) is 26.2 Å². The summed E-state index contributed by atoms with van der Waals surface area (Å²) in [7, 11) is 0. The number of H-pyrrole nitrogens is 2. The predicted octanol–water partition coefficient (Wildman–Crippen LogP) is 5.88. The third-order valence-corrected chi connectivity index (χ3v) is 6.39. The Hall–Kier alpha value is -4.65. The molecule has 162 valence electrons. The summed E-state index contributed by atoms with van der Waals surface area (Å²) < 4.78 is 0. The number of nitrogens with zero attached hydrogens (tertiary/aromatic N) is 5. The first-order valence-electron chi connectivity index (χ1n) is 11.1. The van der Waals surface area contributed by atoms with Gasteiger partial charge < -0.3 is 9.97 Å².